The van der Waals surface area contributed by atoms with Gasteiger partial charge in [0.25, 0.3) is 0 Å². The van der Waals surface area contributed by atoms with Crippen molar-refractivity contribution in [3.63, 3.8) is 0 Å². The third-order valence-electron chi connectivity index (χ3n) is 6.57. The van der Waals surface area contributed by atoms with Gasteiger partial charge in [0.2, 0.25) is 0 Å². The lowest BCUT2D eigenvalue weighted by atomic mass is 9.69. The van der Waals surface area contributed by atoms with E-state index in [1.807, 2.05) is 0 Å². The van der Waals surface area contributed by atoms with Gasteiger partial charge in [0.05, 0.1) is 6.07 Å². The fourth-order valence-electron chi connectivity index (χ4n) is 4.86. The summed E-state index contributed by atoms with van der Waals surface area (Å²) in [7, 11) is 0. The van der Waals surface area contributed by atoms with Gasteiger partial charge in [-0.1, -0.05) is 51.2 Å². The molecule has 0 aromatic heterocycles. The van der Waals surface area contributed by atoms with Crippen molar-refractivity contribution in [2.75, 3.05) is 0 Å². The summed E-state index contributed by atoms with van der Waals surface area (Å²) in [6, 6.07) is 2.47. The van der Waals surface area contributed by atoms with Gasteiger partial charge in [0.1, 0.15) is 0 Å². The minimum Gasteiger partial charge on any atom is -0.198 e. The van der Waals surface area contributed by atoms with Gasteiger partial charge < -0.3 is 0 Å². The molecule has 2 saturated carbocycles. The first-order valence-corrected chi connectivity index (χ1v) is 10.9. The van der Waals surface area contributed by atoms with Crippen LogP contribution in [0.2, 0.25) is 0 Å². The molecule has 2 rings (SSSR count). The zero-order valence-electron chi connectivity index (χ0n) is 16.0. The number of nitrogens with zero attached hydrogens (tertiary/aromatic N) is 1. The second-order valence-electron chi connectivity index (χ2n) is 8.40. The van der Waals surface area contributed by atoms with Gasteiger partial charge in [0.15, 0.2) is 0 Å². The van der Waals surface area contributed by atoms with Crippen LogP contribution in [-0.2, 0) is 0 Å². The van der Waals surface area contributed by atoms with Crippen LogP contribution in [0.3, 0.4) is 0 Å². The van der Waals surface area contributed by atoms with Crippen molar-refractivity contribution in [1.82, 2.24) is 0 Å². The second-order valence-corrected chi connectivity index (χ2v) is 8.40. The van der Waals surface area contributed by atoms with Crippen LogP contribution in [0.1, 0.15) is 103 Å². The van der Waals surface area contributed by atoms with Crippen LogP contribution >= 0.6 is 0 Å². The number of allylic oxidation sites excluding steroid dienone is 2. The summed E-state index contributed by atoms with van der Waals surface area (Å²) in [4.78, 5) is 0. The fraction of sp³-hybridized carbons (Fsp3) is 0.870. The van der Waals surface area contributed by atoms with Crippen LogP contribution in [-0.4, -0.2) is 0 Å². The summed E-state index contributed by atoms with van der Waals surface area (Å²) < 4.78 is 0. The van der Waals surface area contributed by atoms with Crippen LogP contribution in [0.25, 0.3) is 0 Å². The molecular weight excluding hydrogens is 290 g/mol. The predicted octanol–water partition coefficient (Wildman–Crippen LogP) is 7.43. The Morgan fingerprint density at radius 2 is 1.38 bits per heavy atom. The lowest BCUT2D eigenvalue weighted by Crippen LogP contribution is -2.25. The molecule has 2 aliphatic carbocycles. The van der Waals surface area contributed by atoms with Gasteiger partial charge in [-0.05, 0) is 82.0 Å². The molecule has 0 aliphatic heterocycles. The highest BCUT2D eigenvalue weighted by atomic mass is 14.4. The molecule has 0 radical (unpaired) electrons. The molecule has 0 amide bonds. The van der Waals surface area contributed by atoms with Gasteiger partial charge in [-0.25, -0.2) is 0 Å². The molecule has 0 aromatic carbocycles. The third-order valence-corrected chi connectivity index (χ3v) is 6.57. The monoisotopic (exact) mass is 329 g/mol. The Morgan fingerprint density at radius 1 is 0.792 bits per heavy atom. The average molecular weight is 330 g/mol. The van der Waals surface area contributed by atoms with Crippen LogP contribution < -0.4 is 0 Å². The van der Waals surface area contributed by atoms with E-state index < -0.39 is 0 Å². The topological polar surface area (TPSA) is 23.8 Å². The molecule has 0 spiro atoms. The minimum absolute atomic E-state index is 0.363. The zero-order valence-corrected chi connectivity index (χ0v) is 16.0. The van der Waals surface area contributed by atoms with Crippen molar-refractivity contribution in [1.29, 1.82) is 5.26 Å². The molecule has 1 heteroatoms. The van der Waals surface area contributed by atoms with Gasteiger partial charge in [-0.2, -0.15) is 5.26 Å². The van der Waals surface area contributed by atoms with Crippen molar-refractivity contribution in [3.05, 3.63) is 12.2 Å². The predicted molar refractivity (Wildman–Crippen MR) is 104 cm³/mol. The number of unbranched alkanes of at least 4 members (excludes halogenated alkanes) is 6. The minimum atomic E-state index is 0.363. The van der Waals surface area contributed by atoms with Crippen molar-refractivity contribution >= 4 is 0 Å². The van der Waals surface area contributed by atoms with E-state index >= 15 is 0 Å². The van der Waals surface area contributed by atoms with Crippen molar-refractivity contribution < 1.29 is 0 Å². The molecule has 0 unspecified atom stereocenters. The summed E-state index contributed by atoms with van der Waals surface area (Å²) >= 11 is 0. The van der Waals surface area contributed by atoms with Gasteiger partial charge in [0, 0.05) is 5.92 Å². The lowest BCUT2D eigenvalue weighted by Gasteiger charge is -2.36. The quantitative estimate of drug-likeness (QED) is 0.319. The van der Waals surface area contributed by atoms with Gasteiger partial charge >= 0.3 is 0 Å². The van der Waals surface area contributed by atoms with Crippen molar-refractivity contribution in [3.8, 4) is 6.07 Å². The second kappa shape index (κ2) is 11.7. The van der Waals surface area contributed by atoms with Crippen LogP contribution in [0.15, 0.2) is 12.2 Å². The Balaban J connectivity index is 1.53. The van der Waals surface area contributed by atoms with E-state index in [4.69, 9.17) is 5.26 Å². The number of hydrogen-bond acceptors (Lipinski definition) is 1. The highest BCUT2D eigenvalue weighted by Crippen LogP contribution is 2.41. The molecule has 0 heterocycles. The summed E-state index contributed by atoms with van der Waals surface area (Å²) in [6.07, 6.45) is 25.4. The molecule has 0 aromatic rings. The van der Waals surface area contributed by atoms with Crippen LogP contribution in [0.4, 0.5) is 0 Å². The lowest BCUT2D eigenvalue weighted by molar-refractivity contribution is 0.168. The smallest absolute Gasteiger partial charge is 0.0655 e. The average Bonchev–Trinajstić information content (AvgIpc) is 2.64. The van der Waals surface area contributed by atoms with Crippen molar-refractivity contribution in [2.45, 2.75) is 103 Å². The van der Waals surface area contributed by atoms with Gasteiger partial charge in [-0.3, -0.25) is 0 Å². The maximum Gasteiger partial charge on any atom is 0.0655 e. The molecule has 0 saturated heterocycles. The summed E-state index contributed by atoms with van der Waals surface area (Å²) in [5.41, 5.74) is 0. The molecule has 0 N–H and O–H groups in total. The first-order valence-electron chi connectivity index (χ1n) is 10.9. The van der Waals surface area contributed by atoms with E-state index in [-0.39, 0.29) is 0 Å². The number of rotatable bonds is 9. The third kappa shape index (κ3) is 7.00. The normalized spacial score (nSPS) is 31.2. The first-order chi connectivity index (χ1) is 11.8. The highest BCUT2D eigenvalue weighted by molar-refractivity contribution is 4.93. The molecular formula is C23H39N. The maximum atomic E-state index is 9.04. The molecule has 1 nitrogen and oxygen atoms in total. The fourth-order valence-corrected chi connectivity index (χ4v) is 4.86. The first kappa shape index (κ1) is 19.6. The van der Waals surface area contributed by atoms with E-state index in [1.54, 1.807) is 0 Å². The van der Waals surface area contributed by atoms with E-state index in [0.717, 1.165) is 17.8 Å². The summed E-state index contributed by atoms with van der Waals surface area (Å²) in [5, 5.41) is 9.04. The van der Waals surface area contributed by atoms with Crippen LogP contribution in [0, 0.1) is 35.0 Å². The number of hydrogen-bond donors (Lipinski definition) is 0. The Kier molecular flexibility index (Phi) is 9.55. The Bertz CT molecular complexity index is 375. The Hall–Kier alpha value is -0.770. The zero-order chi connectivity index (χ0) is 17.0. The molecule has 0 bridgehead atoms. The SMILES string of the molecule is CCCCCCCCC=CC1CCC(C2CCC(C#N)CC2)CC1. The standard InChI is InChI=1S/C23H39N/c1-2-3-4-5-6-7-8-9-10-20-11-15-22(16-12-20)23-17-13-21(19-24)14-18-23/h9-10,20-23H,2-8,11-18H2,1H3. The Labute approximate surface area is 150 Å². The van der Waals surface area contributed by atoms with E-state index in [1.165, 1.54) is 96.3 Å². The largest absolute Gasteiger partial charge is 0.198 e. The maximum absolute atomic E-state index is 9.04. The summed E-state index contributed by atoms with van der Waals surface area (Å²) in [6.45, 7) is 2.29. The number of nitriles is 1. The Morgan fingerprint density at radius 3 is 2.00 bits per heavy atom. The highest BCUT2D eigenvalue weighted by Gasteiger charge is 2.30. The molecule has 136 valence electrons. The van der Waals surface area contributed by atoms with E-state index in [0.29, 0.717) is 5.92 Å². The molecule has 24 heavy (non-hydrogen) atoms. The van der Waals surface area contributed by atoms with Crippen molar-refractivity contribution in [2.24, 2.45) is 23.7 Å². The summed E-state index contributed by atoms with van der Waals surface area (Å²) in [5.74, 6) is 3.12. The molecule has 2 aliphatic rings. The van der Waals surface area contributed by atoms with Gasteiger partial charge in [-0.15, -0.1) is 0 Å². The van der Waals surface area contributed by atoms with E-state index in [9.17, 15) is 0 Å². The van der Waals surface area contributed by atoms with Crippen LogP contribution in [0.5, 0.6) is 0 Å². The molecule has 2 fully saturated rings. The van der Waals surface area contributed by atoms with E-state index in [2.05, 4.69) is 25.1 Å². The molecule has 0 atom stereocenters.